The fourth-order valence-electron chi connectivity index (χ4n) is 2.90. The Hall–Kier alpha value is -3.34. The van der Waals surface area contributed by atoms with Crippen molar-refractivity contribution in [3.05, 3.63) is 89.2 Å². The van der Waals surface area contributed by atoms with E-state index in [2.05, 4.69) is 4.98 Å². The van der Waals surface area contributed by atoms with Gasteiger partial charge in [0.15, 0.2) is 0 Å². The summed E-state index contributed by atoms with van der Waals surface area (Å²) in [5.41, 5.74) is 3.20. The lowest BCUT2D eigenvalue weighted by Crippen LogP contribution is -2.22. The van der Waals surface area contributed by atoms with Gasteiger partial charge in [-0.05, 0) is 17.7 Å². The lowest BCUT2D eigenvalue weighted by Gasteiger charge is -2.08. The maximum Gasteiger partial charge on any atom is 0.277 e. The van der Waals surface area contributed by atoms with Crippen LogP contribution in [-0.2, 0) is 6.54 Å². The average Bonchev–Trinajstić information content (AvgIpc) is 3.10. The van der Waals surface area contributed by atoms with Gasteiger partial charge in [0, 0.05) is 18.0 Å². The number of aromatic nitrogens is 3. The average molecular weight is 331 g/mol. The molecular weight excluding hydrogens is 314 g/mol. The van der Waals surface area contributed by atoms with Gasteiger partial charge in [0.2, 0.25) is 0 Å². The van der Waals surface area contributed by atoms with Crippen molar-refractivity contribution in [3.8, 4) is 17.0 Å². The lowest BCUT2D eigenvalue weighted by atomic mass is 10.1. The lowest BCUT2D eigenvalue weighted by molar-refractivity contribution is 0.414. The van der Waals surface area contributed by atoms with Gasteiger partial charge in [0.1, 0.15) is 23.3 Å². The first-order valence-corrected chi connectivity index (χ1v) is 8.01. The molecule has 0 atom stereocenters. The number of ether oxygens (including phenoxy) is 1. The number of hydrogen-bond donors (Lipinski definition) is 0. The molecule has 0 unspecified atom stereocenters. The van der Waals surface area contributed by atoms with E-state index in [-0.39, 0.29) is 5.56 Å². The van der Waals surface area contributed by atoms with E-state index in [1.54, 1.807) is 28.6 Å². The number of methoxy groups -OCH3 is 1. The topological polar surface area (TPSA) is 48.5 Å². The molecule has 0 N–H and O–H groups in total. The second-order valence-electron chi connectivity index (χ2n) is 5.79. The molecule has 0 aliphatic carbocycles. The molecule has 0 aliphatic heterocycles. The Kier molecular flexibility index (Phi) is 3.82. The monoisotopic (exact) mass is 331 g/mol. The van der Waals surface area contributed by atoms with Crippen molar-refractivity contribution in [1.29, 1.82) is 0 Å². The molecule has 0 radical (unpaired) electrons. The summed E-state index contributed by atoms with van der Waals surface area (Å²) in [6.45, 7) is 0.499. The molecule has 0 bridgehead atoms. The van der Waals surface area contributed by atoms with Crippen LogP contribution in [0.25, 0.3) is 16.8 Å². The van der Waals surface area contributed by atoms with E-state index >= 15 is 0 Å². The summed E-state index contributed by atoms with van der Waals surface area (Å²) in [5, 5.41) is 0. The molecule has 2 aromatic heterocycles. The highest BCUT2D eigenvalue weighted by Crippen LogP contribution is 2.20. The molecule has 0 fully saturated rings. The van der Waals surface area contributed by atoms with Gasteiger partial charge >= 0.3 is 0 Å². The molecule has 5 heteroatoms. The molecule has 2 aromatic carbocycles. The smallest absolute Gasteiger partial charge is 0.277 e. The first kappa shape index (κ1) is 15.2. The van der Waals surface area contributed by atoms with Crippen molar-refractivity contribution in [1.82, 2.24) is 14.0 Å². The van der Waals surface area contributed by atoms with Gasteiger partial charge in [0.25, 0.3) is 5.56 Å². The fraction of sp³-hybridized carbons (Fsp3) is 0.100. The van der Waals surface area contributed by atoms with Crippen LogP contribution in [0.15, 0.2) is 78.1 Å². The second kappa shape index (κ2) is 6.28. The summed E-state index contributed by atoms with van der Waals surface area (Å²) in [4.78, 5) is 17.4. The number of rotatable bonds is 4. The number of benzene rings is 2. The minimum atomic E-state index is -0.0605. The molecule has 5 nitrogen and oxygen atoms in total. The predicted molar refractivity (Wildman–Crippen MR) is 97.0 cm³/mol. The summed E-state index contributed by atoms with van der Waals surface area (Å²) >= 11 is 0. The zero-order valence-corrected chi connectivity index (χ0v) is 13.8. The van der Waals surface area contributed by atoms with E-state index in [0.29, 0.717) is 17.8 Å². The maximum atomic E-state index is 13.0. The van der Waals surface area contributed by atoms with Crippen LogP contribution in [0.4, 0.5) is 0 Å². The standard InChI is InChI=1S/C20H17N3O2/c1-25-17-9-7-15(8-10-17)13-22-11-12-23-14-21-18(19(23)20(22)24)16-5-3-2-4-6-16/h2-12,14H,13H2,1H3. The van der Waals surface area contributed by atoms with Crippen molar-refractivity contribution >= 4 is 5.52 Å². The molecule has 4 rings (SSSR count). The van der Waals surface area contributed by atoms with Crippen LogP contribution in [0.1, 0.15) is 5.56 Å². The van der Waals surface area contributed by atoms with E-state index in [1.165, 1.54) is 0 Å². The van der Waals surface area contributed by atoms with Crippen molar-refractivity contribution in [2.24, 2.45) is 0 Å². The van der Waals surface area contributed by atoms with Crippen LogP contribution in [-0.4, -0.2) is 21.1 Å². The van der Waals surface area contributed by atoms with Crippen LogP contribution in [0.5, 0.6) is 5.75 Å². The Morgan fingerprint density at radius 3 is 2.48 bits per heavy atom. The Labute approximate surface area is 144 Å². The molecule has 0 aliphatic rings. The van der Waals surface area contributed by atoms with Crippen molar-refractivity contribution in [2.75, 3.05) is 7.11 Å². The Morgan fingerprint density at radius 2 is 1.76 bits per heavy atom. The molecule has 0 spiro atoms. The van der Waals surface area contributed by atoms with Crippen molar-refractivity contribution in [3.63, 3.8) is 0 Å². The largest absolute Gasteiger partial charge is 0.497 e. The highest BCUT2D eigenvalue weighted by Gasteiger charge is 2.12. The van der Waals surface area contributed by atoms with Gasteiger partial charge in [0.05, 0.1) is 13.7 Å². The van der Waals surface area contributed by atoms with Crippen LogP contribution < -0.4 is 10.3 Å². The fourth-order valence-corrected chi connectivity index (χ4v) is 2.90. The summed E-state index contributed by atoms with van der Waals surface area (Å²) in [5.74, 6) is 0.800. The van der Waals surface area contributed by atoms with E-state index in [0.717, 1.165) is 16.9 Å². The molecular formula is C20H17N3O2. The Bertz CT molecular complexity index is 1060. The molecule has 0 saturated heterocycles. The maximum absolute atomic E-state index is 13.0. The summed E-state index contributed by atoms with van der Waals surface area (Å²) in [6.07, 6.45) is 5.33. The zero-order valence-electron chi connectivity index (χ0n) is 13.8. The van der Waals surface area contributed by atoms with Gasteiger partial charge in [-0.15, -0.1) is 0 Å². The first-order valence-electron chi connectivity index (χ1n) is 8.01. The number of nitrogens with zero attached hydrogens (tertiary/aromatic N) is 3. The third-order valence-corrected chi connectivity index (χ3v) is 4.22. The minimum absolute atomic E-state index is 0.0605. The zero-order chi connectivity index (χ0) is 17.2. The molecule has 25 heavy (non-hydrogen) atoms. The third-order valence-electron chi connectivity index (χ3n) is 4.22. The predicted octanol–water partition coefficient (Wildman–Crippen LogP) is 3.22. The summed E-state index contributed by atoms with van der Waals surface area (Å²) in [7, 11) is 1.64. The normalized spacial score (nSPS) is 10.9. The molecule has 2 heterocycles. The van der Waals surface area contributed by atoms with Crippen LogP contribution in [0.3, 0.4) is 0 Å². The van der Waals surface area contributed by atoms with Crippen LogP contribution in [0.2, 0.25) is 0 Å². The molecule has 124 valence electrons. The van der Waals surface area contributed by atoms with Crippen LogP contribution >= 0.6 is 0 Å². The Morgan fingerprint density at radius 1 is 1.00 bits per heavy atom. The van der Waals surface area contributed by atoms with E-state index in [1.807, 2.05) is 60.8 Å². The van der Waals surface area contributed by atoms with Crippen molar-refractivity contribution < 1.29 is 4.74 Å². The Balaban J connectivity index is 1.78. The highest BCUT2D eigenvalue weighted by molar-refractivity contribution is 5.76. The highest BCUT2D eigenvalue weighted by atomic mass is 16.5. The van der Waals surface area contributed by atoms with E-state index in [9.17, 15) is 4.79 Å². The molecule has 0 amide bonds. The van der Waals surface area contributed by atoms with E-state index < -0.39 is 0 Å². The van der Waals surface area contributed by atoms with Gasteiger partial charge in [-0.1, -0.05) is 42.5 Å². The van der Waals surface area contributed by atoms with Crippen LogP contribution in [0, 0.1) is 0 Å². The van der Waals surface area contributed by atoms with Gasteiger partial charge < -0.3 is 9.30 Å². The van der Waals surface area contributed by atoms with Gasteiger partial charge in [-0.2, -0.15) is 0 Å². The quantitative estimate of drug-likeness (QED) is 0.577. The third kappa shape index (κ3) is 2.80. The van der Waals surface area contributed by atoms with Gasteiger partial charge in [-0.25, -0.2) is 4.98 Å². The number of imidazole rings is 1. The molecule has 0 saturated carbocycles. The van der Waals surface area contributed by atoms with Gasteiger partial charge in [-0.3, -0.25) is 9.20 Å². The first-order chi connectivity index (χ1) is 12.3. The molecule has 4 aromatic rings. The minimum Gasteiger partial charge on any atom is -0.497 e. The van der Waals surface area contributed by atoms with Crippen molar-refractivity contribution in [2.45, 2.75) is 6.54 Å². The second-order valence-corrected chi connectivity index (χ2v) is 5.79. The van der Waals surface area contributed by atoms with E-state index in [4.69, 9.17) is 4.74 Å². The number of hydrogen-bond acceptors (Lipinski definition) is 3. The summed E-state index contributed by atoms with van der Waals surface area (Å²) < 4.78 is 8.65. The SMILES string of the molecule is COc1ccc(Cn2ccn3cnc(-c4ccccc4)c3c2=O)cc1. The summed E-state index contributed by atoms with van der Waals surface area (Å²) in [6, 6.07) is 17.5. The number of fused-ring (bicyclic) bond motifs is 1.